The van der Waals surface area contributed by atoms with Gasteiger partial charge in [-0.05, 0) is 18.9 Å². The topological polar surface area (TPSA) is 55.8 Å². The van der Waals surface area contributed by atoms with Crippen LogP contribution in [0.1, 0.15) is 24.8 Å². The first-order valence-electron chi connectivity index (χ1n) is 7.01. The van der Waals surface area contributed by atoms with E-state index in [4.69, 9.17) is 9.47 Å². The number of fused-ring (bicyclic) bond motifs is 1. The van der Waals surface area contributed by atoms with Gasteiger partial charge >= 0.3 is 5.97 Å². The Labute approximate surface area is 123 Å². The van der Waals surface area contributed by atoms with Crippen molar-refractivity contribution in [3.63, 3.8) is 0 Å². The number of hydrogen-bond donors (Lipinski definition) is 1. The van der Waals surface area contributed by atoms with E-state index in [2.05, 4.69) is 0 Å². The van der Waals surface area contributed by atoms with E-state index >= 15 is 0 Å². The standard InChI is InChI=1S/C17H18O4/c1-20-14-6-3-5-12-11(14)7-8-13(15(12)21-2)17(16(18)19)9-4-10-17/h3,5-8H,4,9-10H2,1-2H3,(H,18,19). The smallest absolute Gasteiger partial charge is 0.314 e. The molecule has 0 saturated heterocycles. The monoisotopic (exact) mass is 286 g/mol. The molecule has 0 atom stereocenters. The number of carboxylic acids is 1. The molecule has 0 amide bonds. The van der Waals surface area contributed by atoms with Crippen molar-refractivity contribution in [3.8, 4) is 11.5 Å². The zero-order valence-corrected chi connectivity index (χ0v) is 12.2. The molecule has 1 aliphatic carbocycles. The molecule has 1 aliphatic rings. The summed E-state index contributed by atoms with van der Waals surface area (Å²) in [5, 5.41) is 11.5. The van der Waals surface area contributed by atoms with Gasteiger partial charge in [-0.25, -0.2) is 0 Å². The second-order valence-corrected chi connectivity index (χ2v) is 5.44. The van der Waals surface area contributed by atoms with Gasteiger partial charge in [0.2, 0.25) is 0 Å². The normalized spacial score (nSPS) is 16.3. The maximum Gasteiger partial charge on any atom is 0.314 e. The lowest BCUT2D eigenvalue weighted by Gasteiger charge is -2.39. The molecule has 0 heterocycles. The van der Waals surface area contributed by atoms with Crippen molar-refractivity contribution in [1.29, 1.82) is 0 Å². The molecule has 110 valence electrons. The average Bonchev–Trinajstić information content (AvgIpc) is 2.44. The number of hydrogen-bond acceptors (Lipinski definition) is 3. The van der Waals surface area contributed by atoms with Gasteiger partial charge in [-0.2, -0.15) is 0 Å². The predicted molar refractivity (Wildman–Crippen MR) is 80.2 cm³/mol. The zero-order valence-electron chi connectivity index (χ0n) is 12.2. The molecule has 4 heteroatoms. The molecule has 2 aromatic carbocycles. The summed E-state index contributed by atoms with van der Waals surface area (Å²) in [5.41, 5.74) is -0.0349. The largest absolute Gasteiger partial charge is 0.496 e. The predicted octanol–water partition coefficient (Wildman–Crippen LogP) is 3.36. The molecule has 0 unspecified atom stereocenters. The van der Waals surface area contributed by atoms with E-state index in [1.807, 2.05) is 30.3 Å². The van der Waals surface area contributed by atoms with Crippen LogP contribution in [0, 0.1) is 0 Å². The summed E-state index contributed by atoms with van der Waals surface area (Å²) in [5.74, 6) is 0.637. The summed E-state index contributed by atoms with van der Waals surface area (Å²) in [6, 6.07) is 9.51. The fraction of sp³-hybridized carbons (Fsp3) is 0.353. The third-order valence-corrected chi connectivity index (χ3v) is 4.53. The van der Waals surface area contributed by atoms with Crippen molar-refractivity contribution in [2.45, 2.75) is 24.7 Å². The Kier molecular flexibility index (Phi) is 3.24. The highest BCUT2D eigenvalue weighted by Crippen LogP contribution is 2.49. The van der Waals surface area contributed by atoms with Gasteiger partial charge in [0.1, 0.15) is 11.5 Å². The van der Waals surface area contributed by atoms with Gasteiger partial charge in [0, 0.05) is 16.3 Å². The van der Waals surface area contributed by atoms with E-state index in [1.165, 1.54) is 0 Å². The molecule has 0 aliphatic heterocycles. The Bertz CT molecular complexity index is 701. The van der Waals surface area contributed by atoms with Crippen molar-refractivity contribution in [1.82, 2.24) is 0 Å². The maximum absolute atomic E-state index is 11.8. The molecule has 21 heavy (non-hydrogen) atoms. The Morgan fingerprint density at radius 3 is 2.38 bits per heavy atom. The van der Waals surface area contributed by atoms with Crippen LogP contribution in [0.15, 0.2) is 30.3 Å². The number of carbonyl (C=O) groups is 1. The minimum absolute atomic E-state index is 0.647. The van der Waals surface area contributed by atoms with Gasteiger partial charge in [-0.1, -0.05) is 30.7 Å². The van der Waals surface area contributed by atoms with E-state index < -0.39 is 11.4 Å². The fourth-order valence-electron chi connectivity index (χ4n) is 3.20. The average molecular weight is 286 g/mol. The fourth-order valence-corrected chi connectivity index (χ4v) is 3.20. The highest BCUT2D eigenvalue weighted by Gasteiger charge is 2.48. The second-order valence-electron chi connectivity index (χ2n) is 5.44. The van der Waals surface area contributed by atoms with Crippen LogP contribution in [0.4, 0.5) is 0 Å². The first-order valence-corrected chi connectivity index (χ1v) is 7.01. The number of methoxy groups -OCH3 is 2. The van der Waals surface area contributed by atoms with Gasteiger partial charge in [-0.15, -0.1) is 0 Å². The van der Waals surface area contributed by atoms with Crippen LogP contribution in [0.3, 0.4) is 0 Å². The number of benzene rings is 2. The van der Waals surface area contributed by atoms with Crippen LogP contribution in [-0.4, -0.2) is 25.3 Å². The van der Waals surface area contributed by atoms with E-state index in [0.29, 0.717) is 18.6 Å². The van der Waals surface area contributed by atoms with Crippen molar-refractivity contribution in [2.75, 3.05) is 14.2 Å². The van der Waals surface area contributed by atoms with Crippen molar-refractivity contribution < 1.29 is 19.4 Å². The van der Waals surface area contributed by atoms with Crippen LogP contribution in [0.2, 0.25) is 0 Å². The lowest BCUT2D eigenvalue weighted by atomic mass is 9.64. The van der Waals surface area contributed by atoms with Crippen LogP contribution >= 0.6 is 0 Å². The Morgan fingerprint density at radius 2 is 1.86 bits per heavy atom. The highest BCUT2D eigenvalue weighted by molar-refractivity contribution is 5.96. The quantitative estimate of drug-likeness (QED) is 0.936. The van der Waals surface area contributed by atoms with E-state index in [1.54, 1.807) is 14.2 Å². The summed E-state index contributed by atoms with van der Waals surface area (Å²) in [6.07, 6.45) is 2.26. The van der Waals surface area contributed by atoms with Gasteiger partial charge < -0.3 is 14.6 Å². The van der Waals surface area contributed by atoms with E-state index in [0.717, 1.165) is 28.5 Å². The minimum atomic E-state index is -0.803. The zero-order chi connectivity index (χ0) is 15.0. The van der Waals surface area contributed by atoms with Crippen LogP contribution < -0.4 is 9.47 Å². The molecule has 0 radical (unpaired) electrons. The molecule has 2 aromatic rings. The van der Waals surface area contributed by atoms with Crippen LogP contribution in [-0.2, 0) is 10.2 Å². The second kappa shape index (κ2) is 4.95. The number of carboxylic acid groups (broad SMARTS) is 1. The van der Waals surface area contributed by atoms with E-state index in [-0.39, 0.29) is 0 Å². The summed E-state index contributed by atoms with van der Waals surface area (Å²) in [4.78, 5) is 11.8. The third-order valence-electron chi connectivity index (χ3n) is 4.53. The molecule has 3 rings (SSSR count). The summed E-state index contributed by atoms with van der Waals surface area (Å²) >= 11 is 0. The number of rotatable bonds is 4. The molecular formula is C17H18O4. The molecule has 0 spiro atoms. The molecule has 0 bridgehead atoms. The number of aliphatic carboxylic acids is 1. The van der Waals surface area contributed by atoms with Crippen molar-refractivity contribution in [2.24, 2.45) is 0 Å². The van der Waals surface area contributed by atoms with Crippen LogP contribution in [0.5, 0.6) is 11.5 Å². The van der Waals surface area contributed by atoms with E-state index in [9.17, 15) is 9.90 Å². The Hall–Kier alpha value is -2.23. The van der Waals surface area contributed by atoms with Crippen LogP contribution in [0.25, 0.3) is 10.8 Å². The Balaban J connectivity index is 2.28. The third kappa shape index (κ3) is 1.86. The first-order chi connectivity index (χ1) is 10.1. The lowest BCUT2D eigenvalue weighted by Crippen LogP contribution is -2.42. The molecule has 1 N–H and O–H groups in total. The molecule has 0 aromatic heterocycles. The van der Waals surface area contributed by atoms with Crippen molar-refractivity contribution in [3.05, 3.63) is 35.9 Å². The van der Waals surface area contributed by atoms with Gasteiger partial charge in [0.05, 0.1) is 19.6 Å². The number of ether oxygens (including phenoxy) is 2. The molecule has 1 saturated carbocycles. The maximum atomic E-state index is 11.8. The first kappa shape index (κ1) is 13.7. The molecule has 1 fully saturated rings. The van der Waals surface area contributed by atoms with Crippen molar-refractivity contribution >= 4 is 16.7 Å². The summed E-state index contributed by atoms with van der Waals surface area (Å²) < 4.78 is 10.9. The van der Waals surface area contributed by atoms with Gasteiger partial charge in [0.25, 0.3) is 0 Å². The molecule has 4 nitrogen and oxygen atoms in total. The minimum Gasteiger partial charge on any atom is -0.496 e. The summed E-state index contributed by atoms with van der Waals surface area (Å²) in [6.45, 7) is 0. The Morgan fingerprint density at radius 1 is 1.10 bits per heavy atom. The molecular weight excluding hydrogens is 268 g/mol. The highest BCUT2D eigenvalue weighted by atomic mass is 16.5. The lowest BCUT2D eigenvalue weighted by molar-refractivity contribution is -0.147. The van der Waals surface area contributed by atoms with Gasteiger partial charge in [-0.3, -0.25) is 4.79 Å². The SMILES string of the molecule is COc1cccc2c(OC)c(C3(C(=O)O)CCC3)ccc12. The summed E-state index contributed by atoms with van der Waals surface area (Å²) in [7, 11) is 3.21. The van der Waals surface area contributed by atoms with Gasteiger partial charge in [0.15, 0.2) is 0 Å².